The summed E-state index contributed by atoms with van der Waals surface area (Å²) < 4.78 is 2.25. The van der Waals surface area contributed by atoms with Gasteiger partial charge in [0.05, 0.1) is 4.91 Å². The summed E-state index contributed by atoms with van der Waals surface area (Å²) in [6, 6.07) is 19.3. The van der Waals surface area contributed by atoms with Gasteiger partial charge >= 0.3 is 0 Å². The average molecular weight is 460 g/mol. The van der Waals surface area contributed by atoms with Crippen molar-refractivity contribution in [2.24, 2.45) is 0 Å². The Hall–Kier alpha value is -2.92. The summed E-state index contributed by atoms with van der Waals surface area (Å²) in [4.78, 5) is 13.4. The quantitative estimate of drug-likeness (QED) is 0.425. The van der Waals surface area contributed by atoms with Crippen LogP contribution in [0.25, 0.3) is 11.8 Å². The molecule has 0 radical (unpaired) electrons. The number of nitrogens with zero attached hydrogens (tertiary/aromatic N) is 1. The van der Waals surface area contributed by atoms with Gasteiger partial charge in [0.25, 0.3) is 5.91 Å². The number of nitrogens with one attached hydrogen (secondary N) is 2. The van der Waals surface area contributed by atoms with Gasteiger partial charge in [0.2, 0.25) is 0 Å². The highest BCUT2D eigenvalue weighted by molar-refractivity contribution is 8.05. The van der Waals surface area contributed by atoms with Crippen LogP contribution in [0.5, 0.6) is 0 Å². The van der Waals surface area contributed by atoms with Crippen molar-refractivity contribution < 1.29 is 4.79 Å². The molecule has 172 valence electrons. The predicted octanol–water partition coefficient (Wildman–Crippen LogP) is 6.55. The Kier molecular flexibility index (Phi) is 6.44. The van der Waals surface area contributed by atoms with Crippen molar-refractivity contribution in [3.8, 4) is 5.69 Å². The lowest BCUT2D eigenvalue weighted by Gasteiger charge is -2.20. The van der Waals surface area contributed by atoms with E-state index in [4.69, 9.17) is 0 Å². The van der Waals surface area contributed by atoms with E-state index in [1.807, 2.05) is 6.08 Å². The Morgan fingerprint density at radius 1 is 1.06 bits per heavy atom. The van der Waals surface area contributed by atoms with Gasteiger partial charge in [-0.25, -0.2) is 0 Å². The third-order valence-corrected chi connectivity index (χ3v) is 7.17. The Labute approximate surface area is 201 Å². The highest BCUT2D eigenvalue weighted by Crippen LogP contribution is 2.32. The fourth-order valence-corrected chi connectivity index (χ4v) is 5.11. The largest absolute Gasteiger partial charge is 0.357 e. The van der Waals surface area contributed by atoms with Crippen LogP contribution in [0, 0.1) is 13.8 Å². The molecule has 5 heteroatoms. The van der Waals surface area contributed by atoms with Gasteiger partial charge in [0, 0.05) is 22.8 Å². The van der Waals surface area contributed by atoms with E-state index >= 15 is 0 Å². The number of anilines is 1. The minimum absolute atomic E-state index is 0.0398. The molecule has 4 rings (SSSR count). The van der Waals surface area contributed by atoms with Gasteiger partial charge in [-0.05, 0) is 78.8 Å². The normalized spacial score (nSPS) is 17.5. The second kappa shape index (κ2) is 9.14. The number of aryl methyl sites for hydroxylation is 2. The van der Waals surface area contributed by atoms with Gasteiger partial charge in [-0.1, -0.05) is 63.7 Å². The van der Waals surface area contributed by atoms with Crippen LogP contribution in [-0.4, -0.2) is 16.0 Å². The molecule has 2 aromatic carbocycles. The second-order valence-electron chi connectivity index (χ2n) is 9.63. The first kappa shape index (κ1) is 23.2. The van der Waals surface area contributed by atoms with Crippen LogP contribution in [0.1, 0.15) is 55.8 Å². The standard InChI is InChI=1S/C28H33N3OS/c1-7-20-8-12-23(13-9-20)29-27-30-26(32)25(33-27)17-21-16-18(2)31(19(21)3)24-14-10-22(11-15-24)28(4,5)6/h8-17,27,29H,7H2,1-6H3,(H,30,32)/b25-17-/t27-/m0/s1. The molecule has 0 saturated carbocycles. The molecule has 1 amide bonds. The molecule has 0 aliphatic carbocycles. The van der Waals surface area contributed by atoms with Crippen LogP contribution < -0.4 is 10.6 Å². The number of thioether (sulfide) groups is 1. The van der Waals surface area contributed by atoms with Crippen LogP contribution in [0.2, 0.25) is 0 Å². The molecular weight excluding hydrogens is 426 g/mol. The lowest BCUT2D eigenvalue weighted by Crippen LogP contribution is -2.30. The number of rotatable bonds is 5. The topological polar surface area (TPSA) is 46.1 Å². The number of carbonyl (C=O) groups excluding carboxylic acids is 1. The highest BCUT2D eigenvalue weighted by atomic mass is 32.2. The first-order chi connectivity index (χ1) is 15.7. The van der Waals surface area contributed by atoms with Gasteiger partial charge in [0.1, 0.15) is 0 Å². The van der Waals surface area contributed by atoms with Crippen molar-refractivity contribution in [2.75, 3.05) is 5.32 Å². The molecule has 3 aromatic rings. The molecule has 0 spiro atoms. The second-order valence-corrected chi connectivity index (χ2v) is 10.8. The SMILES string of the molecule is CCc1ccc(N[C@H]2NC(=O)/C(=C/c3cc(C)n(-c4ccc(C(C)(C)C)cc4)c3C)S2)cc1. The fourth-order valence-electron chi connectivity index (χ4n) is 4.14. The lowest BCUT2D eigenvalue weighted by atomic mass is 9.87. The average Bonchev–Trinajstić information content (AvgIpc) is 3.26. The number of aromatic nitrogens is 1. The Morgan fingerprint density at radius 3 is 2.33 bits per heavy atom. The van der Waals surface area contributed by atoms with E-state index in [9.17, 15) is 4.79 Å². The first-order valence-corrected chi connectivity index (χ1v) is 12.4. The number of amides is 1. The molecule has 4 nitrogen and oxygen atoms in total. The van der Waals surface area contributed by atoms with Gasteiger partial charge in [-0.3, -0.25) is 4.79 Å². The zero-order valence-electron chi connectivity index (χ0n) is 20.3. The van der Waals surface area contributed by atoms with Crippen LogP contribution in [-0.2, 0) is 16.6 Å². The maximum absolute atomic E-state index is 12.6. The molecule has 1 aliphatic rings. The molecule has 2 heterocycles. The number of carbonyl (C=O) groups is 1. The summed E-state index contributed by atoms with van der Waals surface area (Å²) in [5, 5.41) is 6.43. The highest BCUT2D eigenvalue weighted by Gasteiger charge is 2.27. The third-order valence-electron chi connectivity index (χ3n) is 6.14. The van der Waals surface area contributed by atoms with Crippen LogP contribution in [0.4, 0.5) is 5.69 Å². The van der Waals surface area contributed by atoms with Gasteiger partial charge in [0.15, 0.2) is 5.50 Å². The van der Waals surface area contributed by atoms with E-state index in [0.29, 0.717) is 0 Å². The van der Waals surface area contributed by atoms with E-state index in [0.717, 1.165) is 39.7 Å². The number of hydrogen-bond acceptors (Lipinski definition) is 3. The zero-order chi connectivity index (χ0) is 23.8. The Bertz CT molecular complexity index is 1180. The molecule has 1 aliphatic heterocycles. The number of benzene rings is 2. The minimum Gasteiger partial charge on any atom is -0.357 e. The van der Waals surface area contributed by atoms with Crippen molar-refractivity contribution in [3.05, 3.63) is 87.6 Å². The maximum atomic E-state index is 12.6. The molecule has 1 saturated heterocycles. The Balaban J connectivity index is 1.53. The predicted molar refractivity (Wildman–Crippen MR) is 141 cm³/mol. The molecule has 0 bridgehead atoms. The van der Waals surface area contributed by atoms with Crippen molar-refractivity contribution in [3.63, 3.8) is 0 Å². The molecule has 1 aromatic heterocycles. The molecular formula is C28H33N3OS. The van der Waals surface area contributed by atoms with Crippen LogP contribution in [0.3, 0.4) is 0 Å². The van der Waals surface area contributed by atoms with E-state index in [1.165, 1.54) is 22.9 Å². The summed E-state index contributed by atoms with van der Waals surface area (Å²) in [6.45, 7) is 13.0. The molecule has 1 fully saturated rings. The van der Waals surface area contributed by atoms with Crippen molar-refractivity contribution in [2.45, 2.75) is 58.9 Å². The monoisotopic (exact) mass is 459 g/mol. The van der Waals surface area contributed by atoms with Crippen molar-refractivity contribution >= 4 is 29.4 Å². The first-order valence-electron chi connectivity index (χ1n) is 11.5. The van der Waals surface area contributed by atoms with E-state index in [-0.39, 0.29) is 16.8 Å². The third kappa shape index (κ3) is 5.03. The van der Waals surface area contributed by atoms with Gasteiger partial charge < -0.3 is 15.2 Å². The Morgan fingerprint density at radius 2 is 1.73 bits per heavy atom. The maximum Gasteiger partial charge on any atom is 0.260 e. The van der Waals surface area contributed by atoms with Crippen LogP contribution >= 0.6 is 11.8 Å². The van der Waals surface area contributed by atoms with Crippen molar-refractivity contribution in [1.82, 2.24) is 9.88 Å². The summed E-state index contributed by atoms with van der Waals surface area (Å²) in [7, 11) is 0. The van der Waals surface area contributed by atoms with Crippen molar-refractivity contribution in [1.29, 1.82) is 0 Å². The van der Waals surface area contributed by atoms with E-state index < -0.39 is 0 Å². The molecule has 2 N–H and O–H groups in total. The molecule has 1 atom stereocenters. The molecule has 33 heavy (non-hydrogen) atoms. The summed E-state index contributed by atoms with van der Waals surface area (Å²) in [6.07, 6.45) is 3.02. The number of hydrogen-bond donors (Lipinski definition) is 2. The molecule has 0 unspecified atom stereocenters. The summed E-state index contributed by atoms with van der Waals surface area (Å²) in [5.74, 6) is -0.0398. The van der Waals surface area contributed by atoms with E-state index in [1.54, 1.807) is 0 Å². The zero-order valence-corrected chi connectivity index (χ0v) is 21.1. The summed E-state index contributed by atoms with van der Waals surface area (Å²) in [5.41, 5.74) is 8.06. The fraction of sp³-hybridized carbons (Fsp3) is 0.321. The minimum atomic E-state index is -0.176. The summed E-state index contributed by atoms with van der Waals surface area (Å²) >= 11 is 1.52. The van der Waals surface area contributed by atoms with E-state index in [2.05, 4.69) is 111 Å². The van der Waals surface area contributed by atoms with Gasteiger partial charge in [-0.2, -0.15) is 0 Å². The van der Waals surface area contributed by atoms with Crippen LogP contribution in [0.15, 0.2) is 59.5 Å². The van der Waals surface area contributed by atoms with Gasteiger partial charge in [-0.15, -0.1) is 0 Å². The smallest absolute Gasteiger partial charge is 0.260 e. The lowest BCUT2D eigenvalue weighted by molar-refractivity contribution is -0.116.